The first-order valence-corrected chi connectivity index (χ1v) is 9.93. The number of hydrogen-bond donors (Lipinski definition) is 0. The molecule has 1 fully saturated rings. The first kappa shape index (κ1) is 19.7. The van der Waals surface area contributed by atoms with E-state index >= 15 is 0 Å². The first-order valence-electron chi connectivity index (χ1n) is 9.16. The second kappa shape index (κ2) is 8.68. The molecule has 25 heavy (non-hydrogen) atoms. The van der Waals surface area contributed by atoms with Crippen molar-refractivity contribution < 1.29 is 4.79 Å². The van der Waals surface area contributed by atoms with Crippen LogP contribution in [0.1, 0.15) is 59.2 Å². The highest BCUT2D eigenvalue weighted by Crippen LogP contribution is 2.33. The highest BCUT2D eigenvalue weighted by molar-refractivity contribution is 7.10. The van der Waals surface area contributed by atoms with E-state index in [1.165, 1.54) is 17.1 Å². The van der Waals surface area contributed by atoms with Gasteiger partial charge in [0.1, 0.15) is 5.00 Å². The number of amides is 2. The van der Waals surface area contributed by atoms with Crippen molar-refractivity contribution >= 4 is 22.6 Å². The molecule has 5 nitrogen and oxygen atoms in total. The minimum Gasteiger partial charge on any atom is -0.309 e. The van der Waals surface area contributed by atoms with Crippen LogP contribution in [-0.2, 0) is 12.8 Å². The Labute approximate surface area is 156 Å². The van der Waals surface area contributed by atoms with Gasteiger partial charge in [0.25, 0.3) is 0 Å². The summed E-state index contributed by atoms with van der Waals surface area (Å²) in [5.41, 5.74) is 2.37. The molecule has 0 bridgehead atoms. The molecular formula is C19H30N4OS. The van der Waals surface area contributed by atoms with Crippen LogP contribution in [-0.4, -0.2) is 45.6 Å². The molecule has 1 aliphatic rings. The summed E-state index contributed by atoms with van der Waals surface area (Å²) in [5, 5.41) is 1.00. The Morgan fingerprint density at radius 2 is 1.96 bits per heavy atom. The van der Waals surface area contributed by atoms with Crippen LogP contribution in [0.2, 0.25) is 0 Å². The summed E-state index contributed by atoms with van der Waals surface area (Å²) in [7, 11) is 0. The molecule has 138 valence electrons. The monoisotopic (exact) mass is 362 g/mol. The van der Waals surface area contributed by atoms with Crippen molar-refractivity contribution in [2.45, 2.75) is 72.9 Å². The number of hydrogen-bond acceptors (Lipinski definition) is 4. The van der Waals surface area contributed by atoms with E-state index in [-0.39, 0.29) is 18.1 Å². The molecule has 6 heteroatoms. The van der Waals surface area contributed by atoms with Crippen molar-refractivity contribution in [3.8, 4) is 11.8 Å². The van der Waals surface area contributed by atoms with E-state index in [0.29, 0.717) is 13.3 Å². The van der Waals surface area contributed by atoms with Gasteiger partial charge in [-0.15, -0.1) is 5.92 Å². The van der Waals surface area contributed by atoms with E-state index in [0.717, 1.165) is 30.0 Å². The van der Waals surface area contributed by atoms with Crippen molar-refractivity contribution in [3.05, 3.63) is 11.3 Å². The Balaban J connectivity index is 2.39. The zero-order valence-corrected chi connectivity index (χ0v) is 17.1. The van der Waals surface area contributed by atoms with Crippen molar-refractivity contribution in [1.82, 2.24) is 14.2 Å². The van der Waals surface area contributed by atoms with Gasteiger partial charge in [-0.1, -0.05) is 26.2 Å². The van der Waals surface area contributed by atoms with Crippen LogP contribution < -0.4 is 4.90 Å². The molecular weight excluding hydrogens is 332 g/mol. The fourth-order valence-electron chi connectivity index (χ4n) is 3.11. The number of rotatable bonds is 6. The third-order valence-corrected chi connectivity index (χ3v) is 5.54. The largest absolute Gasteiger partial charge is 0.327 e. The molecule has 0 N–H and O–H groups in total. The van der Waals surface area contributed by atoms with Crippen molar-refractivity contribution in [2.24, 2.45) is 0 Å². The summed E-state index contributed by atoms with van der Waals surface area (Å²) in [6.07, 6.45) is 2.94. The lowest BCUT2D eigenvalue weighted by Gasteiger charge is -2.44. The van der Waals surface area contributed by atoms with Crippen LogP contribution in [0.25, 0.3) is 0 Å². The van der Waals surface area contributed by atoms with Crippen molar-refractivity contribution in [1.29, 1.82) is 0 Å². The molecule has 0 saturated carbocycles. The summed E-state index contributed by atoms with van der Waals surface area (Å²) >= 11 is 1.46. The summed E-state index contributed by atoms with van der Waals surface area (Å²) in [6.45, 7) is 13.6. The minimum atomic E-state index is 0.0734. The number of urea groups is 1. The number of carbonyl (C=O) groups excluding carboxylic acids is 1. The van der Waals surface area contributed by atoms with Crippen LogP contribution in [0.15, 0.2) is 0 Å². The maximum Gasteiger partial charge on any atom is 0.327 e. The highest BCUT2D eigenvalue weighted by atomic mass is 32.1. The normalized spacial score (nSPS) is 17.0. The topological polar surface area (TPSA) is 39.7 Å². The fourth-order valence-corrected chi connectivity index (χ4v) is 4.12. The maximum atomic E-state index is 13.1. The van der Waals surface area contributed by atoms with Gasteiger partial charge in [0.15, 0.2) is 0 Å². The average molecular weight is 363 g/mol. The number of carbonyl (C=O) groups is 1. The lowest BCUT2D eigenvalue weighted by atomic mass is 10.1. The zero-order valence-electron chi connectivity index (χ0n) is 16.3. The predicted molar refractivity (Wildman–Crippen MR) is 105 cm³/mol. The lowest BCUT2D eigenvalue weighted by Crippen LogP contribution is -2.61. The van der Waals surface area contributed by atoms with Gasteiger partial charge in [-0.3, -0.25) is 9.80 Å². The number of aryl methyl sites for hydroxylation is 1. The summed E-state index contributed by atoms with van der Waals surface area (Å²) in [4.78, 5) is 19.2. The number of nitrogens with zero attached hydrogens (tertiary/aromatic N) is 4. The van der Waals surface area contributed by atoms with Crippen LogP contribution in [0.4, 0.5) is 9.80 Å². The maximum absolute atomic E-state index is 13.1. The zero-order chi connectivity index (χ0) is 18.6. The highest BCUT2D eigenvalue weighted by Gasteiger charge is 2.36. The van der Waals surface area contributed by atoms with Crippen LogP contribution in [0.3, 0.4) is 0 Å². The second-order valence-electron chi connectivity index (χ2n) is 6.73. The summed E-state index contributed by atoms with van der Waals surface area (Å²) in [5.74, 6) is 6.21. The third kappa shape index (κ3) is 4.16. The van der Waals surface area contributed by atoms with E-state index < -0.39 is 0 Å². The molecule has 0 aliphatic carbocycles. The summed E-state index contributed by atoms with van der Waals surface area (Å²) < 4.78 is 4.65. The van der Waals surface area contributed by atoms with E-state index in [9.17, 15) is 4.79 Å². The van der Waals surface area contributed by atoms with Crippen LogP contribution >= 0.6 is 11.5 Å². The quantitative estimate of drug-likeness (QED) is 0.720. The smallest absolute Gasteiger partial charge is 0.309 e. The molecule has 0 spiro atoms. The Hall–Kier alpha value is -1.58. The molecule has 0 aromatic carbocycles. The van der Waals surface area contributed by atoms with E-state index in [1.807, 2.05) is 16.7 Å². The average Bonchev–Trinajstić information content (AvgIpc) is 2.97. The standard InChI is InChI=1S/C19H30N4OS/c1-7-10-15(6)21-12-22(14(4)5)19(24)23(13-21)18-16(9-3)17(11-8-2)20-25-18/h14-15H,8-9,11-13H2,1-6H3. The molecule has 1 saturated heterocycles. The van der Waals surface area contributed by atoms with Crippen molar-refractivity contribution in [3.63, 3.8) is 0 Å². The lowest BCUT2D eigenvalue weighted by molar-refractivity contribution is 0.0879. The number of anilines is 1. The van der Waals surface area contributed by atoms with Gasteiger partial charge < -0.3 is 4.90 Å². The van der Waals surface area contributed by atoms with E-state index in [1.54, 1.807) is 0 Å². The van der Waals surface area contributed by atoms with Crippen molar-refractivity contribution in [2.75, 3.05) is 18.2 Å². The van der Waals surface area contributed by atoms with Gasteiger partial charge in [-0.25, -0.2) is 4.79 Å². The SMILES string of the molecule is CC#CC(C)N1CN(c2snc(CCC)c2CC)C(=O)N(C(C)C)C1. The van der Waals surface area contributed by atoms with Crippen LogP contribution in [0.5, 0.6) is 0 Å². The Morgan fingerprint density at radius 3 is 2.52 bits per heavy atom. The number of aromatic nitrogens is 1. The molecule has 2 rings (SSSR count). The summed E-state index contributed by atoms with van der Waals surface area (Å²) in [6, 6.07) is 0.326. The molecule has 1 atom stereocenters. The fraction of sp³-hybridized carbons (Fsp3) is 0.684. The molecule has 1 aromatic heterocycles. The van der Waals surface area contributed by atoms with Gasteiger partial charge in [0.2, 0.25) is 0 Å². The Bertz CT molecular complexity index is 658. The first-order chi connectivity index (χ1) is 11.9. The molecule has 1 aliphatic heterocycles. The second-order valence-corrected chi connectivity index (χ2v) is 7.48. The Kier molecular flexibility index (Phi) is 6.86. The van der Waals surface area contributed by atoms with Crippen LogP contribution in [0, 0.1) is 11.8 Å². The van der Waals surface area contributed by atoms with Gasteiger partial charge in [0.05, 0.1) is 25.1 Å². The minimum absolute atomic E-state index is 0.0734. The predicted octanol–water partition coefficient (Wildman–Crippen LogP) is 3.94. The van der Waals surface area contributed by atoms with Gasteiger partial charge in [-0.2, -0.15) is 4.37 Å². The third-order valence-electron chi connectivity index (χ3n) is 4.59. The van der Waals surface area contributed by atoms with Gasteiger partial charge >= 0.3 is 6.03 Å². The van der Waals surface area contributed by atoms with E-state index in [4.69, 9.17) is 0 Å². The molecule has 1 aromatic rings. The molecule has 2 heterocycles. The molecule has 1 unspecified atom stereocenters. The van der Waals surface area contributed by atoms with Gasteiger partial charge in [0, 0.05) is 11.6 Å². The van der Waals surface area contributed by atoms with E-state index in [2.05, 4.69) is 55.7 Å². The molecule has 2 amide bonds. The molecule has 0 radical (unpaired) electrons. The van der Waals surface area contributed by atoms with Gasteiger partial charge in [-0.05, 0) is 52.1 Å². The Morgan fingerprint density at radius 1 is 1.24 bits per heavy atom.